The van der Waals surface area contributed by atoms with Crippen LogP contribution in [0.2, 0.25) is 0 Å². The van der Waals surface area contributed by atoms with Crippen molar-refractivity contribution in [2.75, 3.05) is 7.11 Å². The van der Waals surface area contributed by atoms with Gasteiger partial charge in [0, 0.05) is 5.56 Å². The second-order valence-corrected chi connectivity index (χ2v) is 4.45. The van der Waals surface area contributed by atoms with Gasteiger partial charge in [0.15, 0.2) is 0 Å². The van der Waals surface area contributed by atoms with Gasteiger partial charge in [-0.15, -0.1) is 0 Å². The number of methoxy groups -OCH3 is 1. The average Bonchev–Trinajstić information content (AvgIpc) is 2.25. The number of para-hydroxylation sites is 1. The van der Waals surface area contributed by atoms with E-state index < -0.39 is 6.10 Å². The molecule has 0 radical (unpaired) electrons. The van der Waals surface area contributed by atoms with Crippen LogP contribution < -0.4 is 10.5 Å². The molecule has 16 heavy (non-hydrogen) atoms. The van der Waals surface area contributed by atoms with E-state index in [0.717, 1.165) is 24.2 Å². The first kappa shape index (κ1) is 11.4. The third-order valence-corrected chi connectivity index (χ3v) is 3.50. The number of hydrogen-bond acceptors (Lipinski definition) is 3. The zero-order valence-electron chi connectivity index (χ0n) is 9.60. The summed E-state index contributed by atoms with van der Waals surface area (Å²) in [5.74, 6) is 1.12. The Bertz CT molecular complexity index is 350. The van der Waals surface area contributed by atoms with Crippen molar-refractivity contribution in [2.24, 2.45) is 11.7 Å². The summed E-state index contributed by atoms with van der Waals surface area (Å²) in [6, 6.07) is 7.28. The van der Waals surface area contributed by atoms with E-state index >= 15 is 0 Å². The quantitative estimate of drug-likeness (QED) is 0.816. The molecule has 1 aliphatic carbocycles. The Morgan fingerprint density at radius 2 is 2.06 bits per heavy atom. The fourth-order valence-electron chi connectivity index (χ4n) is 2.20. The molecule has 3 heteroatoms. The summed E-state index contributed by atoms with van der Waals surface area (Å²) in [6.45, 7) is 0. The number of nitrogens with two attached hydrogens (primary N) is 1. The highest BCUT2D eigenvalue weighted by atomic mass is 16.5. The molecule has 0 bridgehead atoms. The molecule has 1 saturated carbocycles. The zero-order chi connectivity index (χ0) is 11.5. The molecule has 3 N–H and O–H groups in total. The number of hydrogen-bond donors (Lipinski definition) is 2. The van der Waals surface area contributed by atoms with E-state index in [4.69, 9.17) is 10.5 Å². The van der Waals surface area contributed by atoms with E-state index in [2.05, 4.69) is 0 Å². The van der Waals surface area contributed by atoms with Gasteiger partial charge in [0.2, 0.25) is 0 Å². The van der Waals surface area contributed by atoms with Crippen molar-refractivity contribution in [1.82, 2.24) is 0 Å². The molecule has 1 aromatic carbocycles. The predicted octanol–water partition coefficient (Wildman–Crippen LogP) is 1.86. The van der Waals surface area contributed by atoms with Gasteiger partial charge in [-0.05, 0) is 24.8 Å². The lowest BCUT2D eigenvalue weighted by molar-refractivity contribution is 0.0407. The summed E-state index contributed by atoms with van der Waals surface area (Å²) in [5, 5.41) is 10.1. The standard InChI is InChI=1S/C13H19NO2/c1-16-11-8-3-2-7-10(11)12(14)13(15)9-5-4-6-9/h2-3,7-9,12-13,15H,4-6,14H2,1H3/t12-,13+/m1/s1. The molecule has 0 aromatic heterocycles. The van der Waals surface area contributed by atoms with Crippen LogP contribution in [-0.2, 0) is 0 Å². The highest BCUT2D eigenvalue weighted by Crippen LogP contribution is 2.36. The summed E-state index contributed by atoms with van der Waals surface area (Å²) in [5.41, 5.74) is 6.99. The van der Waals surface area contributed by atoms with E-state index in [0.29, 0.717) is 5.92 Å². The third-order valence-electron chi connectivity index (χ3n) is 3.50. The number of aliphatic hydroxyl groups is 1. The second kappa shape index (κ2) is 4.85. The second-order valence-electron chi connectivity index (χ2n) is 4.45. The lowest BCUT2D eigenvalue weighted by Gasteiger charge is -2.34. The first-order valence-corrected chi connectivity index (χ1v) is 5.80. The van der Waals surface area contributed by atoms with Crippen LogP contribution in [0.3, 0.4) is 0 Å². The fourth-order valence-corrected chi connectivity index (χ4v) is 2.20. The molecule has 2 rings (SSSR count). The van der Waals surface area contributed by atoms with E-state index in [-0.39, 0.29) is 6.04 Å². The van der Waals surface area contributed by atoms with Gasteiger partial charge in [0.25, 0.3) is 0 Å². The molecule has 0 heterocycles. The van der Waals surface area contributed by atoms with E-state index in [1.54, 1.807) is 7.11 Å². The minimum atomic E-state index is -0.454. The Morgan fingerprint density at radius 3 is 2.62 bits per heavy atom. The summed E-state index contributed by atoms with van der Waals surface area (Å²) in [7, 11) is 1.63. The van der Waals surface area contributed by atoms with Crippen LogP contribution in [0.15, 0.2) is 24.3 Å². The van der Waals surface area contributed by atoms with Gasteiger partial charge >= 0.3 is 0 Å². The highest BCUT2D eigenvalue weighted by Gasteiger charge is 2.31. The average molecular weight is 221 g/mol. The Hall–Kier alpha value is -1.06. The van der Waals surface area contributed by atoms with E-state index in [9.17, 15) is 5.11 Å². The third kappa shape index (κ3) is 2.06. The van der Waals surface area contributed by atoms with Crippen molar-refractivity contribution < 1.29 is 9.84 Å². The molecule has 0 spiro atoms. The van der Waals surface area contributed by atoms with Gasteiger partial charge in [-0.25, -0.2) is 0 Å². The maximum Gasteiger partial charge on any atom is 0.123 e. The molecular formula is C13H19NO2. The molecule has 0 amide bonds. The van der Waals surface area contributed by atoms with Crippen molar-refractivity contribution in [2.45, 2.75) is 31.4 Å². The number of rotatable bonds is 4. The molecule has 0 saturated heterocycles. The van der Waals surface area contributed by atoms with Crippen molar-refractivity contribution in [3.05, 3.63) is 29.8 Å². The first-order valence-electron chi connectivity index (χ1n) is 5.80. The molecule has 0 unspecified atom stereocenters. The molecule has 88 valence electrons. The maximum absolute atomic E-state index is 10.1. The van der Waals surface area contributed by atoms with Crippen molar-refractivity contribution >= 4 is 0 Å². The summed E-state index contributed by atoms with van der Waals surface area (Å²) in [4.78, 5) is 0. The van der Waals surface area contributed by atoms with Crippen LogP contribution in [0.5, 0.6) is 5.75 Å². The molecule has 3 nitrogen and oxygen atoms in total. The summed E-state index contributed by atoms with van der Waals surface area (Å²) in [6.07, 6.45) is 2.93. The Morgan fingerprint density at radius 1 is 1.38 bits per heavy atom. The van der Waals surface area contributed by atoms with Gasteiger partial charge in [0.05, 0.1) is 19.3 Å². The largest absolute Gasteiger partial charge is 0.496 e. The molecule has 1 aromatic rings. The van der Waals surface area contributed by atoms with Crippen LogP contribution in [0.1, 0.15) is 30.9 Å². The van der Waals surface area contributed by atoms with Crippen LogP contribution in [0.25, 0.3) is 0 Å². The number of benzene rings is 1. The number of aliphatic hydroxyl groups excluding tert-OH is 1. The Kier molecular flexibility index (Phi) is 3.46. The lowest BCUT2D eigenvalue weighted by atomic mass is 9.77. The topological polar surface area (TPSA) is 55.5 Å². The van der Waals surface area contributed by atoms with E-state index in [1.165, 1.54) is 6.42 Å². The Balaban J connectivity index is 2.15. The van der Waals surface area contributed by atoms with Crippen molar-refractivity contribution in [3.63, 3.8) is 0 Å². The monoisotopic (exact) mass is 221 g/mol. The summed E-state index contributed by atoms with van der Waals surface area (Å²) >= 11 is 0. The lowest BCUT2D eigenvalue weighted by Crippen LogP contribution is -2.36. The normalized spacial score (nSPS) is 19.9. The summed E-state index contributed by atoms with van der Waals surface area (Å²) < 4.78 is 5.26. The minimum Gasteiger partial charge on any atom is -0.496 e. The minimum absolute atomic E-state index is 0.346. The van der Waals surface area contributed by atoms with E-state index in [1.807, 2.05) is 24.3 Å². The van der Waals surface area contributed by atoms with Crippen molar-refractivity contribution in [1.29, 1.82) is 0 Å². The number of ether oxygens (including phenoxy) is 1. The van der Waals surface area contributed by atoms with Gasteiger partial charge in [-0.2, -0.15) is 0 Å². The maximum atomic E-state index is 10.1. The van der Waals surface area contributed by atoms with Crippen LogP contribution >= 0.6 is 0 Å². The van der Waals surface area contributed by atoms with Crippen LogP contribution in [-0.4, -0.2) is 18.3 Å². The fraction of sp³-hybridized carbons (Fsp3) is 0.538. The molecule has 1 fully saturated rings. The van der Waals surface area contributed by atoms with Gasteiger partial charge in [-0.3, -0.25) is 0 Å². The molecule has 0 aliphatic heterocycles. The van der Waals surface area contributed by atoms with Gasteiger partial charge < -0.3 is 15.6 Å². The zero-order valence-corrected chi connectivity index (χ0v) is 9.60. The smallest absolute Gasteiger partial charge is 0.123 e. The van der Waals surface area contributed by atoms with Crippen LogP contribution in [0.4, 0.5) is 0 Å². The first-order chi connectivity index (χ1) is 7.74. The van der Waals surface area contributed by atoms with Gasteiger partial charge in [-0.1, -0.05) is 24.6 Å². The van der Waals surface area contributed by atoms with Gasteiger partial charge in [0.1, 0.15) is 5.75 Å². The molecule has 2 atom stereocenters. The predicted molar refractivity (Wildman–Crippen MR) is 63.3 cm³/mol. The molecule has 1 aliphatic rings. The SMILES string of the molecule is COc1ccccc1[C@@H](N)[C@@H](O)C1CCC1. The molecular weight excluding hydrogens is 202 g/mol. The van der Waals surface area contributed by atoms with Crippen LogP contribution in [0, 0.1) is 5.92 Å². The Labute approximate surface area is 96.2 Å². The van der Waals surface area contributed by atoms with Crippen molar-refractivity contribution in [3.8, 4) is 5.75 Å². The highest BCUT2D eigenvalue weighted by molar-refractivity contribution is 5.36.